The van der Waals surface area contributed by atoms with Gasteiger partial charge in [-0.05, 0) is 48.1 Å². The average Bonchev–Trinajstić information content (AvgIpc) is 2.43. The first-order valence-corrected chi connectivity index (χ1v) is 7.76. The predicted octanol–water partition coefficient (Wildman–Crippen LogP) is 4.72. The molecule has 1 N–H and O–H groups in total. The fourth-order valence-corrected chi connectivity index (χ4v) is 2.77. The van der Waals surface area contributed by atoms with Crippen molar-refractivity contribution in [3.63, 3.8) is 0 Å². The standard InChI is InChI=1S/C18H19ClO2/c19-16-8-3-9-17(11-16)21-12-18(20)15-7-2-6-14(10-15)13-4-1-5-13/h2-3,6-11,13,18,20H,1,4-5,12H2. The van der Waals surface area contributed by atoms with Crippen LogP contribution in [0.1, 0.15) is 42.4 Å². The Bertz CT molecular complexity index is 608. The summed E-state index contributed by atoms with van der Waals surface area (Å²) in [5, 5.41) is 10.9. The molecule has 0 aliphatic heterocycles. The lowest BCUT2D eigenvalue weighted by molar-refractivity contribution is 0.108. The molecule has 110 valence electrons. The molecule has 0 bridgehead atoms. The Morgan fingerprint density at radius 3 is 2.67 bits per heavy atom. The first kappa shape index (κ1) is 14.4. The third-order valence-corrected chi connectivity index (χ3v) is 4.31. The van der Waals surface area contributed by atoms with E-state index in [1.807, 2.05) is 24.3 Å². The summed E-state index contributed by atoms with van der Waals surface area (Å²) in [6.45, 7) is 0.231. The number of aliphatic hydroxyl groups is 1. The van der Waals surface area contributed by atoms with Crippen LogP contribution in [0, 0.1) is 0 Å². The summed E-state index contributed by atoms with van der Waals surface area (Å²) in [6, 6.07) is 15.4. The van der Waals surface area contributed by atoms with E-state index in [4.69, 9.17) is 16.3 Å². The molecule has 1 unspecified atom stereocenters. The molecule has 2 aromatic carbocycles. The van der Waals surface area contributed by atoms with Gasteiger partial charge in [0.25, 0.3) is 0 Å². The first-order valence-electron chi connectivity index (χ1n) is 7.38. The lowest BCUT2D eigenvalue weighted by Crippen LogP contribution is -2.12. The van der Waals surface area contributed by atoms with Crippen molar-refractivity contribution >= 4 is 11.6 Å². The highest BCUT2D eigenvalue weighted by atomic mass is 35.5. The van der Waals surface area contributed by atoms with Crippen molar-refractivity contribution in [2.75, 3.05) is 6.61 Å². The lowest BCUT2D eigenvalue weighted by Gasteiger charge is -2.26. The Morgan fingerprint density at radius 1 is 1.14 bits per heavy atom. The topological polar surface area (TPSA) is 29.5 Å². The summed E-state index contributed by atoms with van der Waals surface area (Å²) in [5.41, 5.74) is 2.25. The minimum absolute atomic E-state index is 0.231. The molecule has 21 heavy (non-hydrogen) atoms. The van der Waals surface area contributed by atoms with Crippen LogP contribution < -0.4 is 4.74 Å². The minimum Gasteiger partial charge on any atom is -0.490 e. The first-order chi connectivity index (χ1) is 10.2. The van der Waals surface area contributed by atoms with Crippen LogP contribution in [0.15, 0.2) is 48.5 Å². The molecular formula is C18H19ClO2. The van der Waals surface area contributed by atoms with Crippen molar-refractivity contribution in [1.82, 2.24) is 0 Å². The van der Waals surface area contributed by atoms with Gasteiger partial charge in [0.15, 0.2) is 0 Å². The van der Waals surface area contributed by atoms with E-state index in [-0.39, 0.29) is 6.61 Å². The molecular weight excluding hydrogens is 284 g/mol. The van der Waals surface area contributed by atoms with E-state index in [1.165, 1.54) is 24.8 Å². The van der Waals surface area contributed by atoms with Crippen molar-refractivity contribution in [3.8, 4) is 5.75 Å². The van der Waals surface area contributed by atoms with E-state index < -0.39 is 6.10 Å². The van der Waals surface area contributed by atoms with Gasteiger partial charge in [-0.25, -0.2) is 0 Å². The zero-order valence-corrected chi connectivity index (χ0v) is 12.6. The Hall–Kier alpha value is -1.51. The molecule has 1 saturated carbocycles. The van der Waals surface area contributed by atoms with Crippen LogP contribution in [0.4, 0.5) is 0 Å². The second-order valence-corrected chi connectivity index (χ2v) is 6.02. The Morgan fingerprint density at radius 2 is 1.95 bits per heavy atom. The fraction of sp³-hybridized carbons (Fsp3) is 0.333. The summed E-state index contributed by atoms with van der Waals surface area (Å²) < 4.78 is 5.61. The molecule has 1 aliphatic carbocycles. The van der Waals surface area contributed by atoms with Gasteiger partial charge in [-0.2, -0.15) is 0 Å². The van der Waals surface area contributed by atoms with Crippen LogP contribution >= 0.6 is 11.6 Å². The van der Waals surface area contributed by atoms with Crippen LogP contribution in [-0.2, 0) is 0 Å². The summed E-state index contributed by atoms with van der Waals surface area (Å²) in [4.78, 5) is 0. The molecule has 0 aromatic heterocycles. The maximum absolute atomic E-state index is 10.3. The molecule has 2 nitrogen and oxygen atoms in total. The molecule has 0 amide bonds. The normalized spacial score (nSPS) is 16.3. The van der Waals surface area contributed by atoms with Crippen LogP contribution in [0.2, 0.25) is 5.02 Å². The van der Waals surface area contributed by atoms with Crippen LogP contribution in [0.25, 0.3) is 0 Å². The highest BCUT2D eigenvalue weighted by Crippen LogP contribution is 2.37. The summed E-state index contributed by atoms with van der Waals surface area (Å²) >= 11 is 5.91. The zero-order chi connectivity index (χ0) is 14.7. The summed E-state index contributed by atoms with van der Waals surface area (Å²) in [6.07, 6.45) is 3.22. The fourth-order valence-electron chi connectivity index (χ4n) is 2.59. The molecule has 0 heterocycles. The molecule has 0 spiro atoms. The van der Waals surface area contributed by atoms with E-state index in [0.717, 1.165) is 5.56 Å². The number of hydrogen-bond donors (Lipinski definition) is 1. The highest BCUT2D eigenvalue weighted by Gasteiger charge is 2.20. The van der Waals surface area contributed by atoms with Crippen LogP contribution in [0.5, 0.6) is 5.75 Å². The number of ether oxygens (including phenoxy) is 1. The molecule has 0 saturated heterocycles. The van der Waals surface area contributed by atoms with Crippen molar-refractivity contribution < 1.29 is 9.84 Å². The van der Waals surface area contributed by atoms with Gasteiger partial charge in [0.05, 0.1) is 0 Å². The number of benzene rings is 2. The van der Waals surface area contributed by atoms with Gasteiger partial charge >= 0.3 is 0 Å². The average molecular weight is 303 g/mol. The smallest absolute Gasteiger partial charge is 0.120 e. The monoisotopic (exact) mass is 302 g/mol. The maximum atomic E-state index is 10.3. The van der Waals surface area contributed by atoms with E-state index in [9.17, 15) is 5.11 Å². The van der Waals surface area contributed by atoms with Gasteiger partial charge in [-0.3, -0.25) is 0 Å². The number of aliphatic hydroxyl groups excluding tert-OH is 1. The Labute approximate surface area is 130 Å². The van der Waals surface area contributed by atoms with Gasteiger partial charge in [0.1, 0.15) is 18.5 Å². The van der Waals surface area contributed by atoms with Gasteiger partial charge in [0, 0.05) is 5.02 Å². The zero-order valence-electron chi connectivity index (χ0n) is 11.8. The van der Waals surface area contributed by atoms with Gasteiger partial charge in [-0.15, -0.1) is 0 Å². The molecule has 3 rings (SSSR count). The SMILES string of the molecule is OC(COc1cccc(Cl)c1)c1cccc(C2CCC2)c1. The quantitative estimate of drug-likeness (QED) is 0.866. The largest absolute Gasteiger partial charge is 0.490 e. The predicted molar refractivity (Wildman–Crippen MR) is 84.9 cm³/mol. The van der Waals surface area contributed by atoms with Crippen LogP contribution in [0.3, 0.4) is 0 Å². The maximum Gasteiger partial charge on any atom is 0.120 e. The molecule has 1 fully saturated rings. The molecule has 1 atom stereocenters. The Balaban J connectivity index is 1.63. The van der Waals surface area contributed by atoms with E-state index >= 15 is 0 Å². The van der Waals surface area contributed by atoms with Crippen molar-refractivity contribution in [2.24, 2.45) is 0 Å². The number of rotatable bonds is 5. The second kappa shape index (κ2) is 6.50. The van der Waals surface area contributed by atoms with Crippen LogP contribution in [-0.4, -0.2) is 11.7 Å². The number of hydrogen-bond acceptors (Lipinski definition) is 2. The third-order valence-electron chi connectivity index (χ3n) is 4.08. The second-order valence-electron chi connectivity index (χ2n) is 5.58. The van der Waals surface area contributed by atoms with Gasteiger partial charge in [0.2, 0.25) is 0 Å². The molecule has 3 heteroatoms. The van der Waals surface area contributed by atoms with Gasteiger partial charge in [-0.1, -0.05) is 48.4 Å². The molecule has 0 radical (unpaired) electrons. The van der Waals surface area contributed by atoms with E-state index in [0.29, 0.717) is 16.7 Å². The van der Waals surface area contributed by atoms with E-state index in [2.05, 4.69) is 12.1 Å². The number of halogens is 1. The summed E-state index contributed by atoms with van der Waals surface area (Å²) in [7, 11) is 0. The summed E-state index contributed by atoms with van der Waals surface area (Å²) in [5.74, 6) is 1.35. The Kier molecular flexibility index (Phi) is 4.47. The van der Waals surface area contributed by atoms with Gasteiger partial charge < -0.3 is 9.84 Å². The molecule has 1 aliphatic rings. The minimum atomic E-state index is -0.621. The lowest BCUT2D eigenvalue weighted by atomic mass is 9.79. The third kappa shape index (κ3) is 3.58. The van der Waals surface area contributed by atoms with Crippen molar-refractivity contribution in [1.29, 1.82) is 0 Å². The van der Waals surface area contributed by atoms with Crippen molar-refractivity contribution in [3.05, 3.63) is 64.7 Å². The highest BCUT2D eigenvalue weighted by molar-refractivity contribution is 6.30. The van der Waals surface area contributed by atoms with E-state index in [1.54, 1.807) is 12.1 Å². The van der Waals surface area contributed by atoms with Crippen molar-refractivity contribution in [2.45, 2.75) is 31.3 Å². The molecule has 2 aromatic rings.